The van der Waals surface area contributed by atoms with Gasteiger partial charge >= 0.3 is 0 Å². The molecule has 3 aromatic heterocycles. The van der Waals surface area contributed by atoms with Crippen LogP contribution in [0.5, 0.6) is 0 Å². The maximum Gasteiger partial charge on any atom is 0.184 e. The van der Waals surface area contributed by atoms with Gasteiger partial charge in [0.05, 0.1) is 17.6 Å². The molecule has 0 fully saturated rings. The Balaban J connectivity index is 2.30. The second kappa shape index (κ2) is 4.68. The van der Waals surface area contributed by atoms with Gasteiger partial charge in [0.2, 0.25) is 0 Å². The highest BCUT2D eigenvalue weighted by Gasteiger charge is 2.21. The van der Waals surface area contributed by atoms with Gasteiger partial charge in [-0.15, -0.1) is 0 Å². The third-order valence-electron chi connectivity index (χ3n) is 2.96. The van der Waals surface area contributed by atoms with Crippen LogP contribution in [-0.2, 0) is 0 Å². The number of rotatable bonds is 3. The van der Waals surface area contributed by atoms with Gasteiger partial charge in [0.25, 0.3) is 0 Å². The second-order valence-corrected chi connectivity index (χ2v) is 4.93. The number of aromatic nitrogens is 6. The molecule has 7 nitrogen and oxygen atoms in total. The van der Waals surface area contributed by atoms with E-state index < -0.39 is 0 Å². The molecule has 8 heteroatoms. The first kappa shape index (κ1) is 12.7. The van der Waals surface area contributed by atoms with Crippen molar-refractivity contribution < 1.29 is 4.79 Å². The van der Waals surface area contributed by atoms with Crippen molar-refractivity contribution >= 4 is 29.1 Å². The van der Waals surface area contributed by atoms with E-state index in [1.54, 1.807) is 0 Å². The zero-order chi connectivity index (χ0) is 14.3. The Morgan fingerprint density at radius 2 is 2.15 bits per heavy atom. The minimum absolute atomic E-state index is 0.0769. The minimum Gasteiger partial charge on any atom is -0.340 e. The molecular weight excluding hydrogens is 280 g/mol. The van der Waals surface area contributed by atoms with Crippen LogP contribution in [-0.4, -0.2) is 36.0 Å². The van der Waals surface area contributed by atoms with Gasteiger partial charge in [0.15, 0.2) is 17.8 Å². The van der Waals surface area contributed by atoms with Crippen molar-refractivity contribution in [2.75, 3.05) is 0 Å². The second-order valence-electron chi connectivity index (χ2n) is 4.57. The SMILES string of the molecule is CC(C)c1nn(-c2ncnc3nc[nH]c23)c(Cl)c1C=O. The van der Waals surface area contributed by atoms with Gasteiger partial charge in [-0.1, -0.05) is 25.4 Å². The Labute approximate surface area is 119 Å². The van der Waals surface area contributed by atoms with E-state index in [0.717, 1.165) is 0 Å². The number of H-pyrrole nitrogens is 1. The lowest BCUT2D eigenvalue weighted by Gasteiger charge is -2.02. The summed E-state index contributed by atoms with van der Waals surface area (Å²) in [7, 11) is 0. The van der Waals surface area contributed by atoms with Crippen molar-refractivity contribution in [2.45, 2.75) is 19.8 Å². The molecule has 0 spiro atoms. The predicted molar refractivity (Wildman–Crippen MR) is 73.3 cm³/mol. The van der Waals surface area contributed by atoms with E-state index >= 15 is 0 Å². The van der Waals surface area contributed by atoms with Crippen LogP contribution in [0.4, 0.5) is 0 Å². The summed E-state index contributed by atoms with van der Waals surface area (Å²) in [5.41, 5.74) is 2.15. The summed E-state index contributed by atoms with van der Waals surface area (Å²) in [6.45, 7) is 3.89. The van der Waals surface area contributed by atoms with Gasteiger partial charge in [-0.05, 0) is 5.92 Å². The standard InChI is InChI=1S/C12H11ClN6O/c1-6(2)8-7(3-20)10(13)19(18-8)12-9-11(15-4-14-9)16-5-17-12/h3-6H,1-2H3,(H,14,15,16,17). The summed E-state index contributed by atoms with van der Waals surface area (Å²) in [6.07, 6.45) is 3.61. The van der Waals surface area contributed by atoms with Crippen molar-refractivity contribution in [3.8, 4) is 5.82 Å². The summed E-state index contributed by atoms with van der Waals surface area (Å²) in [4.78, 5) is 26.4. The van der Waals surface area contributed by atoms with E-state index in [9.17, 15) is 4.79 Å². The number of aromatic amines is 1. The molecule has 20 heavy (non-hydrogen) atoms. The molecular formula is C12H11ClN6O. The molecule has 0 aliphatic carbocycles. The highest BCUT2D eigenvalue weighted by Crippen LogP contribution is 2.27. The Morgan fingerprint density at radius 3 is 2.80 bits per heavy atom. The largest absolute Gasteiger partial charge is 0.340 e. The summed E-state index contributed by atoms with van der Waals surface area (Å²) in [5, 5.41) is 4.63. The molecule has 0 aromatic carbocycles. The molecule has 3 aromatic rings. The number of nitrogens with one attached hydrogen (secondary N) is 1. The van der Waals surface area contributed by atoms with E-state index in [1.807, 2.05) is 13.8 Å². The number of hydrogen-bond donors (Lipinski definition) is 1. The van der Waals surface area contributed by atoms with Crippen LogP contribution >= 0.6 is 11.6 Å². The van der Waals surface area contributed by atoms with Crippen LogP contribution < -0.4 is 0 Å². The fourth-order valence-corrected chi connectivity index (χ4v) is 2.27. The Bertz CT molecular complexity index is 790. The zero-order valence-electron chi connectivity index (χ0n) is 10.8. The van der Waals surface area contributed by atoms with Gasteiger partial charge in [-0.25, -0.2) is 19.6 Å². The van der Waals surface area contributed by atoms with Crippen molar-refractivity contribution in [3.63, 3.8) is 0 Å². The highest BCUT2D eigenvalue weighted by atomic mass is 35.5. The third-order valence-corrected chi connectivity index (χ3v) is 3.32. The van der Waals surface area contributed by atoms with E-state index in [-0.39, 0.29) is 11.1 Å². The van der Waals surface area contributed by atoms with Crippen molar-refractivity contribution in [2.24, 2.45) is 0 Å². The smallest absolute Gasteiger partial charge is 0.184 e. The van der Waals surface area contributed by atoms with E-state index in [4.69, 9.17) is 11.6 Å². The fourth-order valence-electron chi connectivity index (χ4n) is 2.01. The molecule has 0 saturated heterocycles. The first-order chi connectivity index (χ1) is 9.63. The van der Waals surface area contributed by atoms with Gasteiger partial charge in [-0.3, -0.25) is 4.79 Å². The molecule has 0 aliphatic heterocycles. The molecule has 0 amide bonds. The summed E-state index contributed by atoms with van der Waals surface area (Å²) in [6, 6.07) is 0. The van der Waals surface area contributed by atoms with Crippen LogP contribution in [0, 0.1) is 0 Å². The lowest BCUT2D eigenvalue weighted by Crippen LogP contribution is -2.02. The summed E-state index contributed by atoms with van der Waals surface area (Å²) >= 11 is 6.25. The van der Waals surface area contributed by atoms with Gasteiger partial charge < -0.3 is 4.98 Å². The lowest BCUT2D eigenvalue weighted by atomic mass is 10.1. The maximum atomic E-state index is 11.2. The van der Waals surface area contributed by atoms with Crippen molar-refractivity contribution in [3.05, 3.63) is 29.1 Å². The van der Waals surface area contributed by atoms with E-state index in [1.165, 1.54) is 17.3 Å². The molecule has 0 bridgehead atoms. The van der Waals surface area contributed by atoms with Crippen molar-refractivity contribution in [1.82, 2.24) is 29.7 Å². The van der Waals surface area contributed by atoms with Crippen LogP contribution in [0.25, 0.3) is 17.0 Å². The molecule has 0 aliphatic rings. The minimum atomic E-state index is 0.0769. The van der Waals surface area contributed by atoms with E-state index in [0.29, 0.717) is 34.5 Å². The predicted octanol–water partition coefficient (Wildman–Crippen LogP) is 2.13. The Kier molecular flexibility index (Phi) is 2.98. The zero-order valence-corrected chi connectivity index (χ0v) is 11.6. The monoisotopic (exact) mass is 290 g/mol. The molecule has 1 N–H and O–H groups in total. The normalized spacial score (nSPS) is 11.4. The molecule has 0 saturated carbocycles. The number of nitrogens with zero attached hydrogens (tertiary/aromatic N) is 5. The Hall–Kier alpha value is -2.28. The van der Waals surface area contributed by atoms with Crippen LogP contribution in [0.3, 0.4) is 0 Å². The number of aldehydes is 1. The number of carbonyl (C=O) groups is 1. The average Bonchev–Trinajstić information content (AvgIpc) is 3.02. The summed E-state index contributed by atoms with van der Waals surface area (Å²) in [5.74, 6) is 0.542. The number of hydrogen-bond acceptors (Lipinski definition) is 5. The van der Waals surface area contributed by atoms with Crippen molar-refractivity contribution in [1.29, 1.82) is 0 Å². The first-order valence-corrected chi connectivity index (χ1v) is 6.39. The van der Waals surface area contributed by atoms with Gasteiger partial charge in [0, 0.05) is 0 Å². The van der Waals surface area contributed by atoms with Crippen LogP contribution in [0.15, 0.2) is 12.7 Å². The number of halogens is 1. The Morgan fingerprint density at radius 1 is 1.35 bits per heavy atom. The third kappa shape index (κ3) is 1.78. The van der Waals surface area contributed by atoms with Gasteiger partial charge in [0.1, 0.15) is 17.0 Å². The molecule has 3 heterocycles. The number of imidazole rings is 1. The molecule has 102 valence electrons. The summed E-state index contributed by atoms with van der Waals surface area (Å²) < 4.78 is 1.43. The van der Waals surface area contributed by atoms with E-state index in [2.05, 4.69) is 25.0 Å². The van der Waals surface area contributed by atoms with Crippen LogP contribution in [0.2, 0.25) is 5.15 Å². The highest BCUT2D eigenvalue weighted by molar-refractivity contribution is 6.32. The molecule has 3 rings (SSSR count). The van der Waals surface area contributed by atoms with Crippen LogP contribution in [0.1, 0.15) is 35.8 Å². The maximum absolute atomic E-state index is 11.2. The quantitative estimate of drug-likeness (QED) is 0.746. The molecule has 0 atom stereocenters. The molecule has 0 unspecified atom stereocenters. The average molecular weight is 291 g/mol. The topological polar surface area (TPSA) is 89.3 Å². The number of carbonyl (C=O) groups excluding carboxylic acids is 1. The fraction of sp³-hybridized carbons (Fsp3) is 0.250. The first-order valence-electron chi connectivity index (χ1n) is 6.01. The molecule has 0 radical (unpaired) electrons. The lowest BCUT2D eigenvalue weighted by molar-refractivity contribution is 0.112. The number of fused-ring (bicyclic) bond motifs is 1. The van der Waals surface area contributed by atoms with Gasteiger partial charge in [-0.2, -0.15) is 5.10 Å².